The van der Waals surface area contributed by atoms with Gasteiger partial charge in [0.15, 0.2) is 0 Å². The van der Waals surface area contributed by atoms with Crippen LogP contribution < -0.4 is 10.1 Å². The second-order valence-corrected chi connectivity index (χ2v) is 5.94. The third kappa shape index (κ3) is 3.71. The molecule has 126 valence electrons. The van der Waals surface area contributed by atoms with Gasteiger partial charge in [0.25, 0.3) is 5.91 Å². The molecule has 0 aromatic carbocycles. The number of hydrogen-bond donors (Lipinski definition) is 1. The van der Waals surface area contributed by atoms with Crippen LogP contribution in [0.3, 0.4) is 0 Å². The quantitative estimate of drug-likeness (QED) is 0.910. The molecule has 1 aliphatic heterocycles. The van der Waals surface area contributed by atoms with Crippen LogP contribution in [0.15, 0.2) is 36.7 Å². The molecule has 0 saturated carbocycles. The Balaban J connectivity index is 1.85. The molecule has 2 aromatic heterocycles. The van der Waals surface area contributed by atoms with E-state index in [9.17, 15) is 4.79 Å². The van der Waals surface area contributed by atoms with Crippen molar-refractivity contribution in [3.8, 4) is 17.0 Å². The molecular formula is C18H22N4O2. The Bertz CT molecular complexity index is 705. The van der Waals surface area contributed by atoms with Crippen molar-refractivity contribution in [1.82, 2.24) is 20.2 Å². The van der Waals surface area contributed by atoms with E-state index >= 15 is 0 Å². The van der Waals surface area contributed by atoms with E-state index in [0.29, 0.717) is 23.7 Å². The maximum Gasteiger partial charge on any atom is 0.270 e. The minimum Gasteiger partial charge on any atom is -0.492 e. The van der Waals surface area contributed by atoms with E-state index < -0.39 is 0 Å². The number of hydrogen-bond acceptors (Lipinski definition) is 5. The summed E-state index contributed by atoms with van der Waals surface area (Å²) in [5.74, 6) is 0.506. The van der Waals surface area contributed by atoms with Gasteiger partial charge in [0.2, 0.25) is 0 Å². The topological polar surface area (TPSA) is 67.3 Å². The normalized spacial score (nSPS) is 17.7. The highest BCUT2D eigenvalue weighted by Gasteiger charge is 2.22. The summed E-state index contributed by atoms with van der Waals surface area (Å²) in [6.45, 7) is 4.33. The number of carbonyl (C=O) groups is 1. The third-order valence-electron chi connectivity index (χ3n) is 4.05. The molecule has 1 fully saturated rings. The number of amides is 1. The lowest BCUT2D eigenvalue weighted by molar-refractivity contribution is 0.0933. The summed E-state index contributed by atoms with van der Waals surface area (Å²) in [6.07, 6.45) is 4.39. The number of carbonyl (C=O) groups excluding carboxylic acids is 1. The van der Waals surface area contributed by atoms with Gasteiger partial charge in [-0.1, -0.05) is 0 Å². The maximum atomic E-state index is 12.5. The predicted octanol–water partition coefficient (Wildman–Crippen LogP) is 1.98. The smallest absolute Gasteiger partial charge is 0.270 e. The second kappa shape index (κ2) is 7.40. The largest absolute Gasteiger partial charge is 0.492 e. The minimum atomic E-state index is -0.150. The molecule has 1 saturated heterocycles. The standard InChI is InChI=1S/C18H22N4O2/c1-3-24-16-7-6-15(18(23)20-14-8-10-22(2)12-14)21-17(16)13-5-4-9-19-11-13/h4-7,9,11,14H,3,8,10,12H2,1-2H3,(H,20,23)/t14-/m1/s1. The van der Waals surface area contributed by atoms with Gasteiger partial charge in [0.05, 0.1) is 6.61 Å². The Kier molecular flexibility index (Phi) is 5.05. The van der Waals surface area contributed by atoms with Crippen LogP contribution in [0.5, 0.6) is 5.75 Å². The third-order valence-corrected chi connectivity index (χ3v) is 4.05. The summed E-state index contributed by atoms with van der Waals surface area (Å²) in [5, 5.41) is 3.06. The van der Waals surface area contributed by atoms with Crippen LogP contribution >= 0.6 is 0 Å². The molecule has 1 N–H and O–H groups in total. The average Bonchev–Trinajstić information content (AvgIpc) is 3.01. The number of ether oxygens (including phenoxy) is 1. The highest BCUT2D eigenvalue weighted by Crippen LogP contribution is 2.27. The predicted molar refractivity (Wildman–Crippen MR) is 92.0 cm³/mol. The number of likely N-dealkylation sites (tertiary alicyclic amines) is 1. The molecule has 3 heterocycles. The summed E-state index contributed by atoms with van der Waals surface area (Å²) in [4.78, 5) is 23.4. The van der Waals surface area contributed by atoms with Crippen molar-refractivity contribution in [1.29, 1.82) is 0 Å². The molecule has 3 rings (SSSR count). The molecule has 0 aliphatic carbocycles. The summed E-state index contributed by atoms with van der Waals surface area (Å²) < 4.78 is 5.64. The van der Waals surface area contributed by atoms with Crippen molar-refractivity contribution in [2.75, 3.05) is 26.7 Å². The lowest BCUT2D eigenvalue weighted by Gasteiger charge is -2.14. The Labute approximate surface area is 141 Å². The lowest BCUT2D eigenvalue weighted by Crippen LogP contribution is -2.36. The summed E-state index contributed by atoms with van der Waals surface area (Å²) in [6, 6.07) is 7.44. The first kappa shape index (κ1) is 16.4. The van der Waals surface area contributed by atoms with E-state index in [1.165, 1.54) is 0 Å². The summed E-state index contributed by atoms with van der Waals surface area (Å²) in [5.41, 5.74) is 1.86. The molecule has 2 aromatic rings. The van der Waals surface area contributed by atoms with Crippen molar-refractivity contribution in [3.63, 3.8) is 0 Å². The Morgan fingerprint density at radius 2 is 2.29 bits per heavy atom. The molecule has 1 amide bonds. The van der Waals surface area contributed by atoms with Gasteiger partial charge in [0, 0.05) is 30.5 Å². The molecule has 24 heavy (non-hydrogen) atoms. The van der Waals surface area contributed by atoms with Crippen LogP contribution in [0, 0.1) is 0 Å². The Hall–Kier alpha value is -2.47. The first-order valence-electron chi connectivity index (χ1n) is 8.21. The number of nitrogens with one attached hydrogen (secondary N) is 1. The molecule has 6 nitrogen and oxygen atoms in total. The number of likely N-dealkylation sites (N-methyl/N-ethyl adjacent to an activating group) is 1. The van der Waals surface area contributed by atoms with Crippen LogP contribution in [0.2, 0.25) is 0 Å². The molecule has 1 atom stereocenters. The van der Waals surface area contributed by atoms with E-state index in [1.54, 1.807) is 24.5 Å². The number of nitrogens with zero attached hydrogens (tertiary/aromatic N) is 3. The highest BCUT2D eigenvalue weighted by atomic mass is 16.5. The van der Waals surface area contributed by atoms with Crippen LogP contribution in [0.1, 0.15) is 23.8 Å². The van der Waals surface area contributed by atoms with Gasteiger partial charge in [-0.2, -0.15) is 0 Å². The molecule has 0 bridgehead atoms. The van der Waals surface area contributed by atoms with Gasteiger partial charge >= 0.3 is 0 Å². The molecule has 0 radical (unpaired) electrons. The van der Waals surface area contributed by atoms with Crippen molar-refractivity contribution in [3.05, 3.63) is 42.4 Å². The van der Waals surface area contributed by atoms with Gasteiger partial charge in [-0.3, -0.25) is 9.78 Å². The average molecular weight is 326 g/mol. The maximum absolute atomic E-state index is 12.5. The number of pyridine rings is 2. The zero-order chi connectivity index (χ0) is 16.9. The van der Waals surface area contributed by atoms with Gasteiger partial charge < -0.3 is 15.0 Å². The van der Waals surface area contributed by atoms with E-state index in [1.807, 2.05) is 19.1 Å². The molecule has 1 aliphatic rings. The van der Waals surface area contributed by atoms with Crippen molar-refractivity contribution in [2.45, 2.75) is 19.4 Å². The van der Waals surface area contributed by atoms with Crippen LogP contribution in [0.4, 0.5) is 0 Å². The molecule has 0 spiro atoms. The van der Waals surface area contributed by atoms with Crippen molar-refractivity contribution < 1.29 is 9.53 Å². The minimum absolute atomic E-state index is 0.150. The molecular weight excluding hydrogens is 304 g/mol. The van der Waals surface area contributed by atoms with E-state index in [0.717, 1.165) is 25.1 Å². The van der Waals surface area contributed by atoms with Crippen LogP contribution in [0.25, 0.3) is 11.3 Å². The van der Waals surface area contributed by atoms with Crippen molar-refractivity contribution in [2.24, 2.45) is 0 Å². The monoisotopic (exact) mass is 326 g/mol. The van der Waals surface area contributed by atoms with Crippen LogP contribution in [-0.2, 0) is 0 Å². The Morgan fingerprint density at radius 1 is 1.42 bits per heavy atom. The summed E-state index contributed by atoms with van der Waals surface area (Å²) >= 11 is 0. The van der Waals surface area contributed by atoms with Gasteiger partial charge in [-0.05, 0) is 51.2 Å². The molecule has 0 unspecified atom stereocenters. The fraction of sp³-hybridized carbons (Fsp3) is 0.389. The SMILES string of the molecule is CCOc1ccc(C(=O)N[C@@H]2CCN(C)C2)nc1-c1cccnc1. The summed E-state index contributed by atoms with van der Waals surface area (Å²) in [7, 11) is 2.06. The van der Waals surface area contributed by atoms with Gasteiger partial charge in [-0.25, -0.2) is 4.98 Å². The van der Waals surface area contributed by atoms with Crippen molar-refractivity contribution >= 4 is 5.91 Å². The Morgan fingerprint density at radius 3 is 2.96 bits per heavy atom. The first-order valence-corrected chi connectivity index (χ1v) is 8.21. The van der Waals surface area contributed by atoms with E-state index in [4.69, 9.17) is 4.74 Å². The van der Waals surface area contributed by atoms with Gasteiger partial charge in [0.1, 0.15) is 17.1 Å². The highest BCUT2D eigenvalue weighted by molar-refractivity contribution is 5.93. The van der Waals surface area contributed by atoms with E-state index in [-0.39, 0.29) is 11.9 Å². The fourth-order valence-corrected chi connectivity index (χ4v) is 2.87. The second-order valence-electron chi connectivity index (χ2n) is 5.94. The fourth-order valence-electron chi connectivity index (χ4n) is 2.87. The zero-order valence-corrected chi connectivity index (χ0v) is 14.0. The van der Waals surface area contributed by atoms with Crippen LogP contribution in [-0.4, -0.2) is 53.6 Å². The van der Waals surface area contributed by atoms with E-state index in [2.05, 4.69) is 27.2 Å². The van der Waals surface area contributed by atoms with Gasteiger partial charge in [-0.15, -0.1) is 0 Å². The zero-order valence-electron chi connectivity index (χ0n) is 14.0. The first-order chi connectivity index (χ1) is 11.7. The molecule has 6 heteroatoms. The lowest BCUT2D eigenvalue weighted by atomic mass is 10.1. The number of rotatable bonds is 5. The number of aromatic nitrogens is 2.